The van der Waals surface area contributed by atoms with Crippen LogP contribution in [0.5, 0.6) is 0 Å². The number of fused-ring (bicyclic) bond motifs is 1. The summed E-state index contributed by atoms with van der Waals surface area (Å²) in [6, 6.07) is 14.7. The number of anilines is 3. The molecule has 132 valence electrons. The summed E-state index contributed by atoms with van der Waals surface area (Å²) in [7, 11) is 0. The molecule has 4 aromatic heterocycles. The first-order chi connectivity index (χ1) is 13.3. The molecule has 0 aliphatic heterocycles. The molecule has 27 heavy (non-hydrogen) atoms. The Bertz CT molecular complexity index is 1190. The van der Waals surface area contributed by atoms with Crippen molar-refractivity contribution in [3.05, 3.63) is 67.4 Å². The van der Waals surface area contributed by atoms with Crippen LogP contribution in [0.2, 0.25) is 0 Å². The average molecular weight is 358 g/mol. The molecule has 5 rings (SSSR count). The lowest BCUT2D eigenvalue weighted by atomic mass is 10.1. The molecule has 0 atom stereocenters. The summed E-state index contributed by atoms with van der Waals surface area (Å²) < 4.78 is 17.2. The number of rotatable bonds is 4. The van der Waals surface area contributed by atoms with E-state index in [4.69, 9.17) is 19.0 Å². The van der Waals surface area contributed by atoms with E-state index in [2.05, 4.69) is 15.3 Å². The SMILES string of the molecule is Nc1ccc(Nc2ncnc3oc(-c4ccco4)c(-c4ccco4)c23)cc1. The number of hydrogen-bond donors (Lipinski definition) is 2. The lowest BCUT2D eigenvalue weighted by Gasteiger charge is -2.07. The highest BCUT2D eigenvalue weighted by Crippen LogP contribution is 2.43. The minimum Gasteiger partial charge on any atom is -0.464 e. The van der Waals surface area contributed by atoms with E-state index in [1.54, 1.807) is 18.6 Å². The van der Waals surface area contributed by atoms with Crippen LogP contribution in [-0.2, 0) is 0 Å². The van der Waals surface area contributed by atoms with Crippen LogP contribution in [0.1, 0.15) is 0 Å². The molecule has 1 aromatic carbocycles. The van der Waals surface area contributed by atoms with Crippen LogP contribution in [0.3, 0.4) is 0 Å². The second-order valence-corrected chi connectivity index (χ2v) is 5.91. The van der Waals surface area contributed by atoms with Gasteiger partial charge in [-0.3, -0.25) is 0 Å². The van der Waals surface area contributed by atoms with Gasteiger partial charge in [0.15, 0.2) is 11.5 Å². The molecule has 3 N–H and O–H groups in total. The van der Waals surface area contributed by atoms with Gasteiger partial charge in [0, 0.05) is 11.4 Å². The molecule has 5 aromatic rings. The highest BCUT2D eigenvalue weighted by molar-refractivity contribution is 6.05. The largest absolute Gasteiger partial charge is 0.464 e. The van der Waals surface area contributed by atoms with Crippen LogP contribution >= 0.6 is 0 Å². The Balaban J connectivity index is 1.74. The third kappa shape index (κ3) is 2.62. The van der Waals surface area contributed by atoms with Crippen molar-refractivity contribution >= 4 is 28.3 Å². The molecule has 7 heteroatoms. The van der Waals surface area contributed by atoms with E-state index in [0.29, 0.717) is 39.9 Å². The van der Waals surface area contributed by atoms with Crippen molar-refractivity contribution in [2.24, 2.45) is 0 Å². The van der Waals surface area contributed by atoms with Crippen molar-refractivity contribution in [2.45, 2.75) is 0 Å². The van der Waals surface area contributed by atoms with Crippen LogP contribution in [0.15, 0.2) is 80.6 Å². The molecular weight excluding hydrogens is 344 g/mol. The van der Waals surface area contributed by atoms with E-state index in [0.717, 1.165) is 11.3 Å². The third-order valence-electron chi connectivity index (χ3n) is 4.17. The molecule has 0 fully saturated rings. The zero-order chi connectivity index (χ0) is 18.2. The highest BCUT2D eigenvalue weighted by Gasteiger charge is 2.25. The van der Waals surface area contributed by atoms with E-state index >= 15 is 0 Å². The van der Waals surface area contributed by atoms with Gasteiger partial charge in [-0.2, -0.15) is 0 Å². The molecule has 7 nitrogen and oxygen atoms in total. The third-order valence-corrected chi connectivity index (χ3v) is 4.17. The summed E-state index contributed by atoms with van der Waals surface area (Å²) in [4.78, 5) is 8.68. The fraction of sp³-hybridized carbons (Fsp3) is 0. The zero-order valence-electron chi connectivity index (χ0n) is 14.0. The predicted molar refractivity (Wildman–Crippen MR) is 101 cm³/mol. The van der Waals surface area contributed by atoms with Crippen LogP contribution in [0, 0.1) is 0 Å². The number of hydrogen-bond acceptors (Lipinski definition) is 7. The monoisotopic (exact) mass is 358 g/mol. The molecule has 0 bridgehead atoms. The van der Waals surface area contributed by atoms with Gasteiger partial charge in [-0.05, 0) is 48.5 Å². The van der Waals surface area contributed by atoms with Gasteiger partial charge in [-0.25, -0.2) is 9.97 Å². The first-order valence-corrected chi connectivity index (χ1v) is 8.27. The zero-order valence-corrected chi connectivity index (χ0v) is 14.0. The predicted octanol–water partition coefficient (Wildman–Crippen LogP) is 5.07. The fourth-order valence-corrected chi connectivity index (χ4v) is 2.97. The maximum Gasteiger partial charge on any atom is 0.232 e. The van der Waals surface area contributed by atoms with Crippen molar-refractivity contribution in [2.75, 3.05) is 11.1 Å². The minimum absolute atomic E-state index is 0.431. The van der Waals surface area contributed by atoms with Gasteiger partial charge < -0.3 is 24.3 Å². The van der Waals surface area contributed by atoms with Crippen molar-refractivity contribution in [1.82, 2.24) is 9.97 Å². The highest BCUT2D eigenvalue weighted by atomic mass is 16.4. The van der Waals surface area contributed by atoms with Gasteiger partial charge in [-0.1, -0.05) is 0 Å². The molecule has 0 aliphatic carbocycles. The Morgan fingerprint density at radius 1 is 0.852 bits per heavy atom. The van der Waals surface area contributed by atoms with Gasteiger partial charge in [0.25, 0.3) is 0 Å². The Labute approximate surface area is 153 Å². The second kappa shape index (κ2) is 6.06. The summed E-state index contributed by atoms with van der Waals surface area (Å²) >= 11 is 0. The van der Waals surface area contributed by atoms with E-state index < -0.39 is 0 Å². The number of furan rings is 3. The van der Waals surface area contributed by atoms with Crippen LogP contribution in [-0.4, -0.2) is 9.97 Å². The number of nitrogen functional groups attached to an aromatic ring is 1. The van der Waals surface area contributed by atoms with Gasteiger partial charge in [0.2, 0.25) is 5.71 Å². The Hall–Kier alpha value is -4.00. The number of nitrogens with one attached hydrogen (secondary N) is 1. The quantitative estimate of drug-likeness (QED) is 0.432. The first kappa shape index (κ1) is 15.3. The van der Waals surface area contributed by atoms with Crippen molar-refractivity contribution in [3.63, 3.8) is 0 Å². The molecule has 4 heterocycles. The van der Waals surface area contributed by atoms with E-state index in [1.165, 1.54) is 6.33 Å². The Morgan fingerprint density at radius 2 is 1.59 bits per heavy atom. The normalized spacial score (nSPS) is 11.1. The lowest BCUT2D eigenvalue weighted by molar-refractivity contribution is 0.536. The molecule has 0 aliphatic rings. The standard InChI is InChI=1S/C20H14N4O3/c21-12-5-7-13(8-6-12)24-19-17-16(14-3-1-9-25-14)18(15-4-2-10-26-15)27-20(17)23-11-22-19/h1-11H,21H2,(H,22,23,24). The molecule has 0 saturated carbocycles. The van der Waals surface area contributed by atoms with Crippen LogP contribution in [0.25, 0.3) is 33.9 Å². The topological polar surface area (TPSA) is 103 Å². The summed E-state index contributed by atoms with van der Waals surface area (Å²) in [6.45, 7) is 0. The van der Waals surface area contributed by atoms with Crippen LogP contribution < -0.4 is 11.1 Å². The summed E-state index contributed by atoms with van der Waals surface area (Å²) in [5.41, 5.74) is 8.45. The molecule has 0 spiro atoms. The van der Waals surface area contributed by atoms with E-state index in [1.807, 2.05) is 42.5 Å². The molecule has 0 unspecified atom stereocenters. The summed E-state index contributed by atoms with van der Waals surface area (Å²) in [5.74, 6) is 2.34. The smallest absolute Gasteiger partial charge is 0.232 e. The Morgan fingerprint density at radius 3 is 2.30 bits per heavy atom. The average Bonchev–Trinajstić information content (AvgIpc) is 3.43. The van der Waals surface area contributed by atoms with Gasteiger partial charge in [-0.15, -0.1) is 0 Å². The lowest BCUT2D eigenvalue weighted by Crippen LogP contribution is -1.96. The fourth-order valence-electron chi connectivity index (χ4n) is 2.97. The summed E-state index contributed by atoms with van der Waals surface area (Å²) in [6.07, 6.45) is 4.65. The molecule has 0 radical (unpaired) electrons. The van der Waals surface area contributed by atoms with Gasteiger partial charge in [0.05, 0.1) is 23.5 Å². The van der Waals surface area contributed by atoms with Crippen molar-refractivity contribution in [3.8, 4) is 22.8 Å². The van der Waals surface area contributed by atoms with E-state index in [-0.39, 0.29) is 0 Å². The number of nitrogens with two attached hydrogens (primary N) is 1. The van der Waals surface area contributed by atoms with Gasteiger partial charge in [0.1, 0.15) is 17.9 Å². The maximum atomic E-state index is 6.00. The Kier molecular flexibility index (Phi) is 3.43. The minimum atomic E-state index is 0.431. The number of benzene rings is 1. The van der Waals surface area contributed by atoms with Crippen molar-refractivity contribution < 1.29 is 13.3 Å². The molecular formula is C20H14N4O3. The molecule has 0 amide bonds. The summed E-state index contributed by atoms with van der Waals surface area (Å²) in [5, 5.41) is 4.00. The second-order valence-electron chi connectivity index (χ2n) is 5.91. The van der Waals surface area contributed by atoms with Gasteiger partial charge >= 0.3 is 0 Å². The maximum absolute atomic E-state index is 6.00. The van der Waals surface area contributed by atoms with Crippen molar-refractivity contribution in [1.29, 1.82) is 0 Å². The first-order valence-electron chi connectivity index (χ1n) is 8.27. The molecule has 0 saturated heterocycles. The van der Waals surface area contributed by atoms with E-state index in [9.17, 15) is 0 Å². The van der Waals surface area contributed by atoms with Crippen LogP contribution in [0.4, 0.5) is 17.2 Å². The number of nitrogens with zero attached hydrogens (tertiary/aromatic N) is 2. The number of aromatic nitrogens is 2.